The number of Topliss-reactive ketones (excluding diaryl/α,β-unsaturated/α-hetero) is 1. The van der Waals surface area contributed by atoms with Crippen LogP contribution in [-0.4, -0.2) is 18.4 Å². The third-order valence-electron chi connectivity index (χ3n) is 2.76. The number of ketones is 1. The number of rotatable bonds is 3. The van der Waals surface area contributed by atoms with E-state index in [2.05, 4.69) is 5.32 Å². The molecular weight excluding hydrogens is 193 g/mol. The molecule has 1 fully saturated rings. The molecule has 1 atom stereocenters. The van der Waals surface area contributed by atoms with E-state index in [1.54, 1.807) is 12.1 Å². The standard InChI is InChI=1S/C12H14FNO/c13-10-5-3-9(4-6-10)12(15)8-11-2-1-7-14-11/h3-6,11,14H,1-2,7-8H2. The average molecular weight is 207 g/mol. The van der Waals surface area contributed by atoms with E-state index >= 15 is 0 Å². The lowest BCUT2D eigenvalue weighted by atomic mass is 10.0. The van der Waals surface area contributed by atoms with Gasteiger partial charge in [0.15, 0.2) is 5.78 Å². The Morgan fingerprint density at radius 3 is 2.73 bits per heavy atom. The Hall–Kier alpha value is -1.22. The zero-order chi connectivity index (χ0) is 10.7. The SMILES string of the molecule is O=C(CC1CCCN1)c1ccc(F)cc1. The Balaban J connectivity index is 1.98. The van der Waals surface area contributed by atoms with Gasteiger partial charge in [0.1, 0.15) is 5.82 Å². The quantitative estimate of drug-likeness (QED) is 0.769. The van der Waals surface area contributed by atoms with Crippen molar-refractivity contribution >= 4 is 5.78 Å². The van der Waals surface area contributed by atoms with Crippen molar-refractivity contribution in [1.29, 1.82) is 0 Å². The third-order valence-corrected chi connectivity index (χ3v) is 2.76. The molecule has 0 bridgehead atoms. The first kappa shape index (κ1) is 10.3. The second-order valence-corrected chi connectivity index (χ2v) is 3.93. The van der Waals surface area contributed by atoms with Crippen LogP contribution in [0.5, 0.6) is 0 Å². The van der Waals surface area contributed by atoms with E-state index in [0.29, 0.717) is 18.0 Å². The number of hydrogen-bond donors (Lipinski definition) is 1. The zero-order valence-corrected chi connectivity index (χ0v) is 8.50. The van der Waals surface area contributed by atoms with E-state index in [-0.39, 0.29) is 11.6 Å². The summed E-state index contributed by atoms with van der Waals surface area (Å²) in [5.41, 5.74) is 0.602. The second kappa shape index (κ2) is 4.53. The Bertz CT molecular complexity index is 341. The van der Waals surface area contributed by atoms with E-state index in [1.807, 2.05) is 0 Å². The minimum Gasteiger partial charge on any atom is -0.314 e. The molecule has 1 aliphatic heterocycles. The molecule has 0 amide bonds. The van der Waals surface area contributed by atoms with Crippen LogP contribution in [0.1, 0.15) is 29.6 Å². The fourth-order valence-corrected chi connectivity index (χ4v) is 1.91. The fraction of sp³-hybridized carbons (Fsp3) is 0.417. The number of hydrogen-bond acceptors (Lipinski definition) is 2. The molecule has 0 aromatic heterocycles. The molecule has 15 heavy (non-hydrogen) atoms. The molecule has 3 heteroatoms. The van der Waals surface area contributed by atoms with E-state index in [4.69, 9.17) is 0 Å². The predicted octanol–water partition coefficient (Wildman–Crippen LogP) is 2.15. The Labute approximate surface area is 88.5 Å². The second-order valence-electron chi connectivity index (χ2n) is 3.93. The lowest BCUT2D eigenvalue weighted by Crippen LogP contribution is -2.24. The van der Waals surface area contributed by atoms with Crippen molar-refractivity contribution in [3.05, 3.63) is 35.6 Å². The van der Waals surface area contributed by atoms with Crippen LogP contribution in [0.15, 0.2) is 24.3 Å². The molecule has 1 unspecified atom stereocenters. The first-order valence-electron chi connectivity index (χ1n) is 5.28. The van der Waals surface area contributed by atoms with Gasteiger partial charge in [-0.3, -0.25) is 4.79 Å². The van der Waals surface area contributed by atoms with Gasteiger partial charge < -0.3 is 5.32 Å². The predicted molar refractivity (Wildman–Crippen MR) is 56.4 cm³/mol. The maximum Gasteiger partial charge on any atom is 0.164 e. The van der Waals surface area contributed by atoms with Crippen molar-refractivity contribution < 1.29 is 9.18 Å². The molecule has 1 N–H and O–H groups in total. The van der Waals surface area contributed by atoms with Gasteiger partial charge in [-0.15, -0.1) is 0 Å². The number of carbonyl (C=O) groups is 1. The molecule has 1 aromatic rings. The summed E-state index contributed by atoms with van der Waals surface area (Å²) in [5.74, 6) is -0.208. The van der Waals surface area contributed by atoms with Gasteiger partial charge in [0.2, 0.25) is 0 Å². The highest BCUT2D eigenvalue weighted by atomic mass is 19.1. The molecule has 0 radical (unpaired) electrons. The van der Waals surface area contributed by atoms with Gasteiger partial charge in [0.05, 0.1) is 0 Å². The Kier molecular flexibility index (Phi) is 3.11. The highest BCUT2D eigenvalue weighted by Gasteiger charge is 2.18. The lowest BCUT2D eigenvalue weighted by molar-refractivity contribution is 0.0971. The van der Waals surface area contributed by atoms with Crippen LogP contribution in [0.2, 0.25) is 0 Å². The number of nitrogens with one attached hydrogen (secondary N) is 1. The number of benzene rings is 1. The minimum atomic E-state index is -0.300. The Morgan fingerprint density at radius 2 is 2.13 bits per heavy atom. The summed E-state index contributed by atoms with van der Waals surface area (Å²) in [6.45, 7) is 1.00. The van der Waals surface area contributed by atoms with Crippen LogP contribution in [0.3, 0.4) is 0 Å². The zero-order valence-electron chi connectivity index (χ0n) is 8.50. The van der Waals surface area contributed by atoms with Crippen molar-refractivity contribution in [3.63, 3.8) is 0 Å². The van der Waals surface area contributed by atoms with E-state index in [9.17, 15) is 9.18 Å². The molecule has 2 nitrogen and oxygen atoms in total. The van der Waals surface area contributed by atoms with Gasteiger partial charge in [-0.25, -0.2) is 4.39 Å². The summed E-state index contributed by atoms with van der Waals surface area (Å²) < 4.78 is 12.6. The van der Waals surface area contributed by atoms with Crippen molar-refractivity contribution in [2.45, 2.75) is 25.3 Å². The molecule has 1 heterocycles. The smallest absolute Gasteiger partial charge is 0.164 e. The maximum absolute atomic E-state index is 12.6. The normalized spacial score (nSPS) is 20.5. The molecule has 1 aliphatic rings. The van der Waals surface area contributed by atoms with E-state index < -0.39 is 0 Å². The largest absolute Gasteiger partial charge is 0.314 e. The monoisotopic (exact) mass is 207 g/mol. The van der Waals surface area contributed by atoms with Crippen LogP contribution in [0.25, 0.3) is 0 Å². The molecule has 0 aliphatic carbocycles. The first-order valence-corrected chi connectivity index (χ1v) is 5.28. The van der Waals surface area contributed by atoms with Gasteiger partial charge in [-0.1, -0.05) is 0 Å². The maximum atomic E-state index is 12.6. The first-order chi connectivity index (χ1) is 7.25. The minimum absolute atomic E-state index is 0.0920. The molecule has 1 aromatic carbocycles. The van der Waals surface area contributed by atoms with Gasteiger partial charge in [-0.05, 0) is 43.7 Å². The average Bonchev–Trinajstić information content (AvgIpc) is 2.71. The summed E-state index contributed by atoms with van der Waals surface area (Å²) in [6, 6.07) is 6.06. The summed E-state index contributed by atoms with van der Waals surface area (Å²) in [4.78, 5) is 11.7. The third kappa shape index (κ3) is 2.63. The van der Waals surface area contributed by atoms with Gasteiger partial charge in [-0.2, -0.15) is 0 Å². The topological polar surface area (TPSA) is 29.1 Å². The van der Waals surface area contributed by atoms with Crippen molar-refractivity contribution in [2.75, 3.05) is 6.54 Å². The van der Waals surface area contributed by atoms with Crippen molar-refractivity contribution in [2.24, 2.45) is 0 Å². The summed E-state index contributed by atoms with van der Waals surface area (Å²) in [6.07, 6.45) is 2.72. The number of halogens is 1. The lowest BCUT2D eigenvalue weighted by Gasteiger charge is -2.08. The molecule has 1 saturated heterocycles. The van der Waals surface area contributed by atoms with Crippen LogP contribution in [0.4, 0.5) is 4.39 Å². The van der Waals surface area contributed by atoms with Crippen LogP contribution in [-0.2, 0) is 0 Å². The fourth-order valence-electron chi connectivity index (χ4n) is 1.91. The number of carbonyl (C=O) groups excluding carboxylic acids is 1. The van der Waals surface area contributed by atoms with E-state index in [0.717, 1.165) is 19.4 Å². The van der Waals surface area contributed by atoms with Crippen LogP contribution < -0.4 is 5.32 Å². The molecule has 2 rings (SSSR count). The van der Waals surface area contributed by atoms with E-state index in [1.165, 1.54) is 12.1 Å². The highest BCUT2D eigenvalue weighted by Crippen LogP contribution is 2.13. The molecule has 0 spiro atoms. The van der Waals surface area contributed by atoms with Crippen molar-refractivity contribution in [3.8, 4) is 0 Å². The van der Waals surface area contributed by atoms with Crippen molar-refractivity contribution in [1.82, 2.24) is 5.32 Å². The van der Waals surface area contributed by atoms with Crippen LogP contribution in [0, 0.1) is 5.82 Å². The molecule has 0 saturated carbocycles. The molecular formula is C12H14FNO. The van der Waals surface area contributed by atoms with Crippen LogP contribution >= 0.6 is 0 Å². The summed E-state index contributed by atoms with van der Waals surface area (Å²) >= 11 is 0. The highest BCUT2D eigenvalue weighted by molar-refractivity contribution is 5.96. The van der Waals surface area contributed by atoms with Gasteiger partial charge in [0.25, 0.3) is 0 Å². The molecule has 80 valence electrons. The summed E-state index contributed by atoms with van der Waals surface area (Å²) in [7, 11) is 0. The van der Waals surface area contributed by atoms with Gasteiger partial charge in [0, 0.05) is 18.0 Å². The van der Waals surface area contributed by atoms with Gasteiger partial charge >= 0.3 is 0 Å². The summed E-state index contributed by atoms with van der Waals surface area (Å²) in [5, 5.41) is 3.27. The Morgan fingerprint density at radius 1 is 1.40 bits per heavy atom.